The first kappa shape index (κ1) is 22.2. The lowest BCUT2D eigenvalue weighted by molar-refractivity contribution is 0.0984. The summed E-state index contributed by atoms with van der Waals surface area (Å²) < 4.78 is 1.94. The lowest BCUT2D eigenvalue weighted by Crippen LogP contribution is -2.39. The van der Waals surface area contributed by atoms with Crippen molar-refractivity contribution >= 4 is 60.1 Å². The van der Waals surface area contributed by atoms with E-state index in [1.165, 1.54) is 11.1 Å². The van der Waals surface area contributed by atoms with Crippen LogP contribution in [-0.2, 0) is 0 Å². The molecule has 1 aromatic heterocycles. The van der Waals surface area contributed by atoms with Crippen molar-refractivity contribution in [3.63, 3.8) is 0 Å². The van der Waals surface area contributed by atoms with Gasteiger partial charge in [-0.1, -0.05) is 58.8 Å². The van der Waals surface area contributed by atoms with Crippen molar-refractivity contribution in [1.29, 1.82) is 0 Å². The molecule has 29 heavy (non-hydrogen) atoms. The maximum atomic E-state index is 13.5. The van der Waals surface area contributed by atoms with E-state index in [0.717, 1.165) is 34.3 Å². The summed E-state index contributed by atoms with van der Waals surface area (Å²) in [4.78, 5) is 22.4. The highest BCUT2D eigenvalue weighted by atomic mass is 79.9. The molecule has 0 aliphatic rings. The van der Waals surface area contributed by atoms with Gasteiger partial charge in [-0.25, -0.2) is 4.98 Å². The fourth-order valence-corrected chi connectivity index (χ4v) is 4.95. The lowest BCUT2D eigenvalue weighted by atomic mass is 10.1. The van der Waals surface area contributed by atoms with Crippen molar-refractivity contribution in [2.24, 2.45) is 0 Å². The van der Waals surface area contributed by atoms with Gasteiger partial charge >= 0.3 is 0 Å². The Morgan fingerprint density at radius 3 is 2.55 bits per heavy atom. The molecule has 0 spiro atoms. The summed E-state index contributed by atoms with van der Waals surface area (Å²) in [7, 11) is 0. The van der Waals surface area contributed by atoms with Gasteiger partial charge in [-0.3, -0.25) is 9.69 Å². The molecular weight excluding hydrogens is 470 g/mol. The van der Waals surface area contributed by atoms with E-state index in [9.17, 15) is 4.79 Å². The van der Waals surface area contributed by atoms with Crippen molar-refractivity contribution in [3.05, 3.63) is 56.5 Å². The molecule has 2 aromatic carbocycles. The van der Waals surface area contributed by atoms with Crippen molar-refractivity contribution in [2.75, 3.05) is 31.1 Å². The number of hydrogen-bond donors (Lipinski definition) is 0. The molecule has 1 heterocycles. The Labute approximate surface area is 189 Å². The third-order valence-electron chi connectivity index (χ3n) is 4.98. The fourth-order valence-electron chi connectivity index (χ4n) is 3.35. The molecule has 0 N–H and O–H groups in total. The predicted octanol–water partition coefficient (Wildman–Crippen LogP) is 6.32. The molecule has 0 bridgehead atoms. The summed E-state index contributed by atoms with van der Waals surface area (Å²) >= 11 is 11.4. The van der Waals surface area contributed by atoms with E-state index in [0.29, 0.717) is 22.3 Å². The van der Waals surface area contributed by atoms with Gasteiger partial charge in [-0.2, -0.15) is 0 Å². The Balaban J connectivity index is 2.04. The van der Waals surface area contributed by atoms with E-state index in [-0.39, 0.29) is 5.91 Å². The molecular formula is C22H25BrClN3OS. The number of aryl methyl sites for hydroxylation is 2. The first-order chi connectivity index (χ1) is 13.8. The van der Waals surface area contributed by atoms with Crippen LogP contribution in [0.5, 0.6) is 0 Å². The normalized spacial score (nSPS) is 11.4. The number of likely N-dealkylation sites (N-methyl/N-ethyl adjacent to an activating group) is 1. The molecule has 154 valence electrons. The van der Waals surface area contributed by atoms with Crippen molar-refractivity contribution in [3.8, 4) is 0 Å². The second-order valence-corrected chi connectivity index (χ2v) is 9.33. The van der Waals surface area contributed by atoms with Crippen molar-refractivity contribution in [2.45, 2.75) is 27.7 Å². The number of carbonyl (C=O) groups is 1. The number of rotatable bonds is 7. The molecule has 0 radical (unpaired) electrons. The second kappa shape index (κ2) is 9.56. The maximum Gasteiger partial charge on any atom is 0.261 e. The molecule has 3 rings (SSSR count). The number of benzene rings is 2. The highest BCUT2D eigenvalue weighted by Gasteiger charge is 2.24. The highest BCUT2D eigenvalue weighted by molar-refractivity contribution is 9.10. The molecule has 0 unspecified atom stereocenters. The van der Waals surface area contributed by atoms with Gasteiger partial charge in [0.05, 0.1) is 20.8 Å². The molecule has 0 aliphatic carbocycles. The molecule has 0 saturated carbocycles. The minimum absolute atomic E-state index is 0.128. The molecule has 4 nitrogen and oxygen atoms in total. The third kappa shape index (κ3) is 5.00. The van der Waals surface area contributed by atoms with Crippen LogP contribution in [0.2, 0.25) is 5.02 Å². The number of anilines is 1. The number of hydrogen-bond acceptors (Lipinski definition) is 4. The fraction of sp³-hybridized carbons (Fsp3) is 0.364. The van der Waals surface area contributed by atoms with Crippen LogP contribution in [0.3, 0.4) is 0 Å². The Morgan fingerprint density at radius 2 is 1.86 bits per heavy atom. The van der Waals surface area contributed by atoms with Crippen LogP contribution < -0.4 is 4.90 Å². The number of aromatic nitrogens is 1. The Bertz CT molecular complexity index is 1030. The largest absolute Gasteiger partial charge is 0.302 e. The van der Waals surface area contributed by atoms with E-state index in [4.69, 9.17) is 16.6 Å². The van der Waals surface area contributed by atoms with Gasteiger partial charge in [0.1, 0.15) is 0 Å². The Hall–Kier alpha value is -1.47. The van der Waals surface area contributed by atoms with Gasteiger partial charge < -0.3 is 4.90 Å². The van der Waals surface area contributed by atoms with Crippen LogP contribution >= 0.6 is 38.9 Å². The summed E-state index contributed by atoms with van der Waals surface area (Å²) in [5, 5.41) is 1.15. The first-order valence-electron chi connectivity index (χ1n) is 9.71. The third-order valence-corrected chi connectivity index (χ3v) is 7.03. The van der Waals surface area contributed by atoms with E-state index in [1.807, 2.05) is 6.07 Å². The zero-order chi connectivity index (χ0) is 21.1. The quantitative estimate of drug-likeness (QED) is 0.386. The van der Waals surface area contributed by atoms with Crippen LogP contribution in [0, 0.1) is 13.8 Å². The predicted molar refractivity (Wildman–Crippen MR) is 128 cm³/mol. The van der Waals surface area contributed by atoms with Crippen LogP contribution in [0.4, 0.5) is 5.13 Å². The van der Waals surface area contributed by atoms with Gasteiger partial charge in [0, 0.05) is 17.6 Å². The lowest BCUT2D eigenvalue weighted by Gasteiger charge is -2.25. The van der Waals surface area contributed by atoms with Gasteiger partial charge in [-0.15, -0.1) is 0 Å². The number of nitrogens with zero attached hydrogens (tertiary/aromatic N) is 3. The van der Waals surface area contributed by atoms with Crippen molar-refractivity contribution < 1.29 is 4.79 Å². The number of carbonyl (C=O) groups excluding carboxylic acids is 1. The summed E-state index contributed by atoms with van der Waals surface area (Å²) in [6.45, 7) is 11.6. The minimum Gasteiger partial charge on any atom is -0.302 e. The van der Waals surface area contributed by atoms with Gasteiger partial charge in [0.25, 0.3) is 5.91 Å². The van der Waals surface area contributed by atoms with Crippen LogP contribution in [-0.4, -0.2) is 42.0 Å². The van der Waals surface area contributed by atoms with Crippen LogP contribution in [0.1, 0.15) is 35.3 Å². The zero-order valence-corrected chi connectivity index (χ0v) is 20.3. The molecule has 0 atom stereocenters. The maximum absolute atomic E-state index is 13.5. The standard InChI is InChI=1S/C22H25BrClN3OS/c1-5-26(6-2)9-10-27(21(28)17-13-16(23)7-8-18(17)24)22-25-19-12-14(3)11-15(4)20(19)29-22/h7-8,11-13H,5-6,9-10H2,1-4H3. The average molecular weight is 495 g/mol. The molecule has 7 heteroatoms. The van der Waals surface area contributed by atoms with E-state index < -0.39 is 0 Å². The topological polar surface area (TPSA) is 36.4 Å². The number of halogens is 2. The molecule has 0 saturated heterocycles. The smallest absolute Gasteiger partial charge is 0.261 e. The van der Waals surface area contributed by atoms with Crippen molar-refractivity contribution in [1.82, 2.24) is 9.88 Å². The molecule has 0 aliphatic heterocycles. The zero-order valence-electron chi connectivity index (χ0n) is 17.1. The summed E-state index contributed by atoms with van der Waals surface area (Å²) in [6, 6.07) is 9.58. The molecule has 1 amide bonds. The Kier molecular flexibility index (Phi) is 7.32. The second-order valence-electron chi connectivity index (χ2n) is 7.03. The van der Waals surface area contributed by atoms with E-state index in [2.05, 4.69) is 60.7 Å². The Morgan fingerprint density at radius 1 is 1.14 bits per heavy atom. The van der Waals surface area contributed by atoms with Gasteiger partial charge in [0.2, 0.25) is 0 Å². The van der Waals surface area contributed by atoms with Gasteiger partial charge in [0.15, 0.2) is 5.13 Å². The monoisotopic (exact) mass is 493 g/mol. The SMILES string of the molecule is CCN(CC)CCN(C(=O)c1cc(Br)ccc1Cl)c1nc2cc(C)cc(C)c2s1. The molecule has 3 aromatic rings. The minimum atomic E-state index is -0.128. The first-order valence-corrected chi connectivity index (χ1v) is 11.7. The van der Waals surface area contributed by atoms with Gasteiger partial charge in [-0.05, 0) is 62.3 Å². The van der Waals surface area contributed by atoms with E-state index >= 15 is 0 Å². The average Bonchev–Trinajstić information content (AvgIpc) is 3.10. The summed E-state index contributed by atoms with van der Waals surface area (Å²) in [6.07, 6.45) is 0. The summed E-state index contributed by atoms with van der Waals surface area (Å²) in [5.41, 5.74) is 3.76. The molecule has 0 fully saturated rings. The number of amides is 1. The van der Waals surface area contributed by atoms with Crippen LogP contribution in [0.15, 0.2) is 34.8 Å². The number of thiazole rings is 1. The van der Waals surface area contributed by atoms with E-state index in [1.54, 1.807) is 28.4 Å². The highest BCUT2D eigenvalue weighted by Crippen LogP contribution is 2.33. The number of fused-ring (bicyclic) bond motifs is 1. The summed E-state index contributed by atoms with van der Waals surface area (Å²) in [5.74, 6) is -0.128. The van der Waals surface area contributed by atoms with Crippen LogP contribution in [0.25, 0.3) is 10.2 Å².